The van der Waals surface area contributed by atoms with E-state index >= 15 is 0 Å². The normalized spacial score (nSPS) is 17.5. The molecule has 0 N–H and O–H groups in total. The smallest absolute Gasteiger partial charge is 0.260 e. The Labute approximate surface area is 153 Å². The van der Waals surface area contributed by atoms with Gasteiger partial charge in [-0.15, -0.1) is 0 Å². The average Bonchev–Trinajstić information content (AvgIpc) is 2.93. The second-order valence-electron chi connectivity index (χ2n) is 6.52. The number of para-hydroxylation sites is 2. The molecule has 2 aromatic rings. The van der Waals surface area contributed by atoms with E-state index in [9.17, 15) is 9.18 Å². The fourth-order valence-electron chi connectivity index (χ4n) is 3.34. The predicted molar refractivity (Wildman–Crippen MR) is 98.1 cm³/mol. The third-order valence-corrected chi connectivity index (χ3v) is 4.79. The molecular weight excluding hydrogens is 333 g/mol. The van der Waals surface area contributed by atoms with Crippen LogP contribution in [0.4, 0.5) is 4.39 Å². The lowest BCUT2D eigenvalue weighted by molar-refractivity contribution is -0.133. The Kier molecular flexibility index (Phi) is 6.10. The maximum atomic E-state index is 13.2. The van der Waals surface area contributed by atoms with Gasteiger partial charge in [0, 0.05) is 19.0 Å². The molecule has 4 nitrogen and oxygen atoms in total. The van der Waals surface area contributed by atoms with Gasteiger partial charge in [0.2, 0.25) is 0 Å². The molecule has 1 amide bonds. The van der Waals surface area contributed by atoms with Crippen molar-refractivity contribution in [2.24, 2.45) is 0 Å². The van der Waals surface area contributed by atoms with Crippen molar-refractivity contribution >= 4 is 5.91 Å². The van der Waals surface area contributed by atoms with Crippen molar-refractivity contribution < 1.29 is 18.7 Å². The van der Waals surface area contributed by atoms with Crippen LogP contribution in [0.1, 0.15) is 30.7 Å². The maximum absolute atomic E-state index is 13.2. The first kappa shape index (κ1) is 18.2. The number of halogens is 1. The van der Waals surface area contributed by atoms with Gasteiger partial charge in [-0.05, 0) is 42.7 Å². The first-order chi connectivity index (χ1) is 12.7. The number of carbonyl (C=O) groups is 1. The van der Waals surface area contributed by atoms with E-state index in [-0.39, 0.29) is 24.2 Å². The summed E-state index contributed by atoms with van der Waals surface area (Å²) >= 11 is 0. The molecule has 0 saturated carbocycles. The Morgan fingerprint density at radius 2 is 1.85 bits per heavy atom. The number of rotatable bonds is 5. The first-order valence-corrected chi connectivity index (χ1v) is 8.96. The summed E-state index contributed by atoms with van der Waals surface area (Å²) in [5, 5.41) is 0. The van der Waals surface area contributed by atoms with Crippen LogP contribution in [0.2, 0.25) is 0 Å². The molecule has 0 spiro atoms. The van der Waals surface area contributed by atoms with Gasteiger partial charge >= 0.3 is 0 Å². The summed E-state index contributed by atoms with van der Waals surface area (Å²) < 4.78 is 24.1. The van der Waals surface area contributed by atoms with Gasteiger partial charge in [-0.1, -0.05) is 30.7 Å². The Morgan fingerprint density at radius 3 is 2.58 bits per heavy atom. The van der Waals surface area contributed by atoms with Crippen molar-refractivity contribution in [3.05, 3.63) is 59.9 Å². The highest BCUT2D eigenvalue weighted by atomic mass is 19.1. The zero-order chi connectivity index (χ0) is 18.4. The largest absolute Gasteiger partial charge is 0.493 e. The molecule has 1 aliphatic heterocycles. The van der Waals surface area contributed by atoms with E-state index in [0.29, 0.717) is 18.0 Å². The summed E-state index contributed by atoms with van der Waals surface area (Å²) in [4.78, 5) is 14.5. The van der Waals surface area contributed by atoms with Crippen LogP contribution in [0, 0.1) is 5.82 Å². The molecule has 0 aliphatic carbocycles. The van der Waals surface area contributed by atoms with Crippen molar-refractivity contribution in [3.63, 3.8) is 0 Å². The summed E-state index contributed by atoms with van der Waals surface area (Å²) in [6.07, 6.45) is 3.03. The Bertz CT molecular complexity index is 732. The number of ether oxygens (including phenoxy) is 2. The molecule has 1 heterocycles. The number of benzene rings is 2. The lowest BCUT2D eigenvalue weighted by Crippen LogP contribution is -2.37. The van der Waals surface area contributed by atoms with Gasteiger partial charge in [0.25, 0.3) is 5.91 Å². The standard InChI is InChI=1S/C21H24FNO3/c1-25-19-7-2-3-8-20(19)26-15-21(24)23-13-5-4-6-17(14-23)16-9-11-18(22)12-10-16/h2-3,7-12,17H,4-6,13-15H2,1H3/t17-/m0/s1. The van der Waals surface area contributed by atoms with Crippen molar-refractivity contribution in [1.29, 1.82) is 0 Å². The minimum Gasteiger partial charge on any atom is -0.493 e. The molecular formula is C21H24FNO3. The quantitative estimate of drug-likeness (QED) is 0.812. The average molecular weight is 357 g/mol. The molecule has 1 atom stereocenters. The monoisotopic (exact) mass is 357 g/mol. The van der Waals surface area contributed by atoms with Crippen LogP contribution in [-0.4, -0.2) is 37.6 Å². The van der Waals surface area contributed by atoms with Crippen molar-refractivity contribution in [1.82, 2.24) is 4.90 Å². The van der Waals surface area contributed by atoms with E-state index in [1.807, 2.05) is 29.2 Å². The van der Waals surface area contributed by atoms with Crippen LogP contribution < -0.4 is 9.47 Å². The highest BCUT2D eigenvalue weighted by Crippen LogP contribution is 2.28. The molecule has 1 saturated heterocycles. The summed E-state index contributed by atoms with van der Waals surface area (Å²) in [5.41, 5.74) is 1.08. The second kappa shape index (κ2) is 8.70. The van der Waals surface area contributed by atoms with E-state index in [1.165, 1.54) is 12.1 Å². The van der Waals surface area contributed by atoms with Crippen LogP contribution in [0.25, 0.3) is 0 Å². The third-order valence-electron chi connectivity index (χ3n) is 4.79. The first-order valence-electron chi connectivity index (χ1n) is 8.96. The number of amides is 1. The highest BCUT2D eigenvalue weighted by molar-refractivity contribution is 5.78. The summed E-state index contributed by atoms with van der Waals surface area (Å²) in [5.74, 6) is 1.13. The lowest BCUT2D eigenvalue weighted by atomic mass is 9.94. The Morgan fingerprint density at radius 1 is 1.12 bits per heavy atom. The molecule has 0 unspecified atom stereocenters. The van der Waals surface area contributed by atoms with Crippen molar-refractivity contribution in [2.45, 2.75) is 25.2 Å². The number of methoxy groups -OCH3 is 1. The predicted octanol–water partition coefficient (Wildman–Crippen LogP) is 4.01. The van der Waals surface area contributed by atoms with Gasteiger partial charge in [-0.3, -0.25) is 4.79 Å². The van der Waals surface area contributed by atoms with Gasteiger partial charge in [0.05, 0.1) is 7.11 Å². The highest BCUT2D eigenvalue weighted by Gasteiger charge is 2.23. The fourth-order valence-corrected chi connectivity index (χ4v) is 3.34. The summed E-state index contributed by atoms with van der Waals surface area (Å²) in [6.45, 7) is 1.35. The number of hydrogen-bond donors (Lipinski definition) is 0. The van der Waals surface area contributed by atoms with Gasteiger partial charge in [-0.2, -0.15) is 0 Å². The summed E-state index contributed by atoms with van der Waals surface area (Å²) in [6, 6.07) is 13.9. The minimum absolute atomic E-state index is 0.0174. The van der Waals surface area contributed by atoms with Crippen LogP contribution in [0.5, 0.6) is 11.5 Å². The van der Waals surface area contributed by atoms with E-state index in [1.54, 1.807) is 19.2 Å². The molecule has 0 bridgehead atoms. The molecule has 138 valence electrons. The van der Waals surface area contributed by atoms with Crippen LogP contribution >= 0.6 is 0 Å². The molecule has 1 aliphatic rings. The number of nitrogens with zero attached hydrogens (tertiary/aromatic N) is 1. The Hall–Kier alpha value is -2.56. The third kappa shape index (κ3) is 4.54. The second-order valence-corrected chi connectivity index (χ2v) is 6.52. The zero-order valence-corrected chi connectivity index (χ0v) is 15.0. The van der Waals surface area contributed by atoms with Crippen molar-refractivity contribution in [3.8, 4) is 11.5 Å². The van der Waals surface area contributed by atoms with Gasteiger partial charge in [-0.25, -0.2) is 4.39 Å². The van der Waals surface area contributed by atoms with E-state index < -0.39 is 0 Å². The zero-order valence-electron chi connectivity index (χ0n) is 15.0. The van der Waals surface area contributed by atoms with Gasteiger partial charge < -0.3 is 14.4 Å². The number of likely N-dealkylation sites (tertiary alicyclic amines) is 1. The van der Waals surface area contributed by atoms with Crippen LogP contribution in [-0.2, 0) is 4.79 Å². The van der Waals surface area contributed by atoms with E-state index in [2.05, 4.69) is 0 Å². The fraction of sp³-hybridized carbons (Fsp3) is 0.381. The number of carbonyl (C=O) groups excluding carboxylic acids is 1. The summed E-state index contributed by atoms with van der Waals surface area (Å²) in [7, 11) is 1.58. The van der Waals surface area contributed by atoms with E-state index in [0.717, 1.165) is 31.4 Å². The molecule has 5 heteroatoms. The molecule has 0 aromatic heterocycles. The van der Waals surface area contributed by atoms with E-state index in [4.69, 9.17) is 9.47 Å². The molecule has 3 rings (SSSR count). The molecule has 26 heavy (non-hydrogen) atoms. The Balaban J connectivity index is 1.63. The topological polar surface area (TPSA) is 38.8 Å². The molecule has 2 aromatic carbocycles. The van der Waals surface area contributed by atoms with Gasteiger partial charge in [0.15, 0.2) is 18.1 Å². The molecule has 1 fully saturated rings. The SMILES string of the molecule is COc1ccccc1OCC(=O)N1CCCC[C@H](c2ccc(F)cc2)C1. The van der Waals surface area contributed by atoms with Crippen molar-refractivity contribution in [2.75, 3.05) is 26.8 Å². The van der Waals surface area contributed by atoms with Crippen LogP contribution in [0.3, 0.4) is 0 Å². The minimum atomic E-state index is -0.236. The molecule has 0 radical (unpaired) electrons. The van der Waals surface area contributed by atoms with Gasteiger partial charge in [0.1, 0.15) is 5.82 Å². The lowest BCUT2D eigenvalue weighted by Gasteiger charge is -2.25. The van der Waals surface area contributed by atoms with Crippen LogP contribution in [0.15, 0.2) is 48.5 Å². The number of hydrogen-bond acceptors (Lipinski definition) is 3. The maximum Gasteiger partial charge on any atom is 0.260 e.